The molecule has 1 heterocycles. The highest BCUT2D eigenvalue weighted by molar-refractivity contribution is 6.00. The third kappa shape index (κ3) is 4.31. The maximum atomic E-state index is 12.5. The number of aromatic nitrogens is 2. The Bertz CT molecular complexity index is 440. The van der Waals surface area contributed by atoms with Gasteiger partial charge in [-0.05, 0) is 26.4 Å². The van der Waals surface area contributed by atoms with Gasteiger partial charge in [0.2, 0.25) is 5.78 Å². The van der Waals surface area contributed by atoms with Crippen molar-refractivity contribution in [3.63, 3.8) is 0 Å². The molecule has 0 bridgehead atoms. The summed E-state index contributed by atoms with van der Waals surface area (Å²) in [5.74, 6) is 0.762. The van der Waals surface area contributed by atoms with E-state index in [1.165, 1.54) is 7.11 Å². The molecular formula is C14H26N4O2. The monoisotopic (exact) mass is 282 g/mol. The van der Waals surface area contributed by atoms with Crippen molar-refractivity contribution in [2.75, 3.05) is 27.7 Å². The molecule has 2 N–H and O–H groups in total. The smallest absolute Gasteiger partial charge is 0.201 e. The molecule has 6 nitrogen and oxygen atoms in total. The lowest BCUT2D eigenvalue weighted by Gasteiger charge is -2.16. The van der Waals surface area contributed by atoms with Crippen LogP contribution in [-0.2, 0) is 6.54 Å². The van der Waals surface area contributed by atoms with Gasteiger partial charge in [-0.2, -0.15) is 5.10 Å². The summed E-state index contributed by atoms with van der Waals surface area (Å²) >= 11 is 0. The van der Waals surface area contributed by atoms with Crippen LogP contribution in [0.5, 0.6) is 5.75 Å². The van der Waals surface area contributed by atoms with E-state index >= 15 is 0 Å². The first-order valence-corrected chi connectivity index (χ1v) is 6.91. The van der Waals surface area contributed by atoms with E-state index < -0.39 is 6.04 Å². The fourth-order valence-electron chi connectivity index (χ4n) is 2.02. The molecule has 0 spiro atoms. The molecule has 0 saturated heterocycles. The third-order valence-corrected chi connectivity index (χ3v) is 3.08. The van der Waals surface area contributed by atoms with Crippen molar-refractivity contribution < 1.29 is 9.53 Å². The first kappa shape index (κ1) is 16.7. The highest BCUT2D eigenvalue weighted by atomic mass is 16.5. The van der Waals surface area contributed by atoms with E-state index in [1.807, 2.05) is 32.8 Å². The quantitative estimate of drug-likeness (QED) is 0.720. The van der Waals surface area contributed by atoms with Gasteiger partial charge in [-0.15, -0.1) is 0 Å². The van der Waals surface area contributed by atoms with Crippen LogP contribution in [0.3, 0.4) is 0 Å². The zero-order chi connectivity index (χ0) is 15.3. The molecule has 0 radical (unpaired) electrons. The molecule has 0 fully saturated rings. The predicted octanol–water partition coefficient (Wildman–Crippen LogP) is 1.01. The van der Waals surface area contributed by atoms with Crippen LogP contribution >= 0.6 is 0 Å². The number of nitrogens with two attached hydrogens (primary N) is 1. The SMILES string of the molecule is COc1cnn(CCN(C)C)c1C(=O)C(N)CC(C)C. The maximum Gasteiger partial charge on any atom is 0.201 e. The van der Waals surface area contributed by atoms with Gasteiger partial charge >= 0.3 is 0 Å². The van der Waals surface area contributed by atoms with Crippen LogP contribution in [0.4, 0.5) is 0 Å². The minimum Gasteiger partial charge on any atom is -0.493 e. The van der Waals surface area contributed by atoms with Crippen molar-refractivity contribution >= 4 is 5.78 Å². The average Bonchev–Trinajstić information content (AvgIpc) is 2.77. The number of carbonyl (C=O) groups excluding carboxylic acids is 1. The molecule has 114 valence electrons. The molecule has 0 aliphatic rings. The predicted molar refractivity (Wildman–Crippen MR) is 79.1 cm³/mol. The Labute approximate surface area is 120 Å². The van der Waals surface area contributed by atoms with Gasteiger partial charge < -0.3 is 15.4 Å². The number of hydrogen-bond donors (Lipinski definition) is 1. The number of methoxy groups -OCH3 is 1. The molecule has 1 aromatic heterocycles. The molecule has 0 aliphatic heterocycles. The van der Waals surface area contributed by atoms with Gasteiger partial charge in [0.15, 0.2) is 5.75 Å². The number of hydrogen-bond acceptors (Lipinski definition) is 5. The van der Waals surface area contributed by atoms with Gasteiger partial charge in [-0.3, -0.25) is 9.48 Å². The first-order valence-electron chi connectivity index (χ1n) is 6.91. The topological polar surface area (TPSA) is 73.4 Å². The number of rotatable bonds is 8. The van der Waals surface area contributed by atoms with E-state index in [0.29, 0.717) is 30.3 Å². The summed E-state index contributed by atoms with van der Waals surface area (Å²) in [6.45, 7) is 5.53. The number of likely N-dealkylation sites (N-methyl/N-ethyl adjacent to an activating group) is 1. The lowest BCUT2D eigenvalue weighted by Crippen LogP contribution is -2.34. The summed E-state index contributed by atoms with van der Waals surface area (Å²) in [4.78, 5) is 14.5. The first-order chi connectivity index (χ1) is 9.36. The molecule has 1 unspecified atom stereocenters. The van der Waals surface area contributed by atoms with E-state index in [4.69, 9.17) is 10.5 Å². The van der Waals surface area contributed by atoms with Crippen molar-refractivity contribution in [3.8, 4) is 5.75 Å². The molecular weight excluding hydrogens is 256 g/mol. The molecule has 0 amide bonds. The molecule has 0 saturated carbocycles. The second-order valence-corrected chi connectivity index (χ2v) is 5.69. The molecule has 1 atom stereocenters. The Morgan fingerprint density at radius 2 is 2.15 bits per heavy atom. The van der Waals surface area contributed by atoms with Crippen LogP contribution in [0, 0.1) is 5.92 Å². The van der Waals surface area contributed by atoms with E-state index in [2.05, 4.69) is 5.10 Å². The molecule has 1 aromatic rings. The van der Waals surface area contributed by atoms with Crippen molar-refractivity contribution in [1.82, 2.24) is 14.7 Å². The highest BCUT2D eigenvalue weighted by Crippen LogP contribution is 2.20. The Kier molecular flexibility index (Phi) is 6.16. The summed E-state index contributed by atoms with van der Waals surface area (Å²) in [6, 6.07) is -0.515. The summed E-state index contributed by atoms with van der Waals surface area (Å²) in [6.07, 6.45) is 2.23. The van der Waals surface area contributed by atoms with E-state index in [1.54, 1.807) is 10.9 Å². The van der Waals surface area contributed by atoms with Gasteiger partial charge in [0.05, 0.1) is 25.9 Å². The molecule has 0 aromatic carbocycles. The van der Waals surface area contributed by atoms with Crippen LogP contribution in [0.2, 0.25) is 0 Å². The summed E-state index contributed by atoms with van der Waals surface area (Å²) < 4.78 is 6.92. The second-order valence-electron chi connectivity index (χ2n) is 5.69. The molecule has 1 rings (SSSR count). The van der Waals surface area contributed by atoms with E-state index in [-0.39, 0.29) is 5.78 Å². The van der Waals surface area contributed by atoms with Gasteiger partial charge in [0.1, 0.15) is 5.69 Å². The Hall–Kier alpha value is -1.40. The Morgan fingerprint density at radius 1 is 1.50 bits per heavy atom. The van der Waals surface area contributed by atoms with Gasteiger partial charge in [-0.1, -0.05) is 13.8 Å². The molecule has 20 heavy (non-hydrogen) atoms. The minimum absolute atomic E-state index is 0.105. The normalized spacial score (nSPS) is 13.0. The number of nitrogens with zero attached hydrogens (tertiary/aromatic N) is 3. The lowest BCUT2D eigenvalue weighted by atomic mass is 9.99. The summed E-state index contributed by atoms with van der Waals surface area (Å²) in [7, 11) is 5.50. The van der Waals surface area contributed by atoms with Crippen LogP contribution in [0.1, 0.15) is 30.8 Å². The number of ether oxygens (including phenoxy) is 1. The maximum absolute atomic E-state index is 12.5. The van der Waals surface area contributed by atoms with Crippen molar-refractivity contribution in [2.45, 2.75) is 32.9 Å². The highest BCUT2D eigenvalue weighted by Gasteiger charge is 2.25. The number of carbonyl (C=O) groups is 1. The number of Topliss-reactive ketones (excluding diaryl/α,β-unsaturated/α-hetero) is 1. The van der Waals surface area contributed by atoms with Crippen LogP contribution < -0.4 is 10.5 Å². The molecule has 6 heteroatoms. The molecule has 0 aliphatic carbocycles. The third-order valence-electron chi connectivity index (χ3n) is 3.08. The summed E-state index contributed by atoms with van der Waals surface area (Å²) in [5.41, 5.74) is 6.48. The van der Waals surface area contributed by atoms with Crippen LogP contribution in [-0.4, -0.2) is 54.3 Å². The zero-order valence-corrected chi connectivity index (χ0v) is 13.1. The average molecular weight is 282 g/mol. The van der Waals surface area contributed by atoms with Gasteiger partial charge in [-0.25, -0.2) is 0 Å². The fourth-order valence-corrected chi connectivity index (χ4v) is 2.02. The fraction of sp³-hybridized carbons (Fsp3) is 0.714. The van der Waals surface area contributed by atoms with Crippen LogP contribution in [0.25, 0.3) is 0 Å². The number of ketones is 1. The Balaban J connectivity index is 2.95. The van der Waals surface area contributed by atoms with Gasteiger partial charge in [0.25, 0.3) is 0 Å². The standard InChI is InChI=1S/C14H26N4O2/c1-10(2)8-11(15)14(19)13-12(20-5)9-16-18(13)7-6-17(3)4/h9-11H,6-8,15H2,1-5H3. The van der Waals surface area contributed by atoms with E-state index in [9.17, 15) is 4.79 Å². The lowest BCUT2D eigenvalue weighted by molar-refractivity contribution is 0.0936. The zero-order valence-electron chi connectivity index (χ0n) is 13.1. The second kappa shape index (κ2) is 7.40. The van der Waals surface area contributed by atoms with Crippen molar-refractivity contribution in [1.29, 1.82) is 0 Å². The van der Waals surface area contributed by atoms with E-state index in [0.717, 1.165) is 6.54 Å². The van der Waals surface area contributed by atoms with Crippen molar-refractivity contribution in [3.05, 3.63) is 11.9 Å². The van der Waals surface area contributed by atoms with Gasteiger partial charge in [0, 0.05) is 6.54 Å². The summed E-state index contributed by atoms with van der Waals surface area (Å²) in [5, 5.41) is 4.23. The minimum atomic E-state index is -0.515. The Morgan fingerprint density at radius 3 is 2.65 bits per heavy atom. The van der Waals surface area contributed by atoms with Crippen LogP contribution in [0.15, 0.2) is 6.20 Å². The largest absolute Gasteiger partial charge is 0.493 e. The van der Waals surface area contributed by atoms with Crippen molar-refractivity contribution in [2.24, 2.45) is 11.7 Å².